The average Bonchev–Trinajstić information content (AvgIpc) is 1.94. The zero-order valence-corrected chi connectivity index (χ0v) is 7.84. The van der Waals surface area contributed by atoms with E-state index in [0.717, 1.165) is 6.20 Å². The molecule has 0 radical (unpaired) electrons. The van der Waals surface area contributed by atoms with E-state index >= 15 is 0 Å². The van der Waals surface area contributed by atoms with Crippen LogP contribution < -0.4 is 10.5 Å². The van der Waals surface area contributed by atoms with Gasteiger partial charge in [-0.3, -0.25) is 0 Å². The Balaban J connectivity index is 2.94. The fourth-order valence-corrected chi connectivity index (χ4v) is 0.726. The third kappa shape index (κ3) is 2.85. The number of aromatic nitrogens is 2. The van der Waals surface area contributed by atoms with E-state index in [1.807, 2.05) is 0 Å². The Labute approximate surface area is 75.9 Å². The third-order valence-electron chi connectivity index (χ3n) is 1.13. The van der Waals surface area contributed by atoms with Crippen LogP contribution in [0.4, 0.5) is 10.3 Å². The highest BCUT2D eigenvalue weighted by molar-refractivity contribution is 5.22. The molecule has 1 aromatic rings. The van der Waals surface area contributed by atoms with Crippen LogP contribution in [0.2, 0.25) is 0 Å². The Morgan fingerprint density at radius 3 is 2.62 bits per heavy atom. The fraction of sp³-hybridized carbons (Fsp3) is 0.500. The van der Waals surface area contributed by atoms with Crippen molar-refractivity contribution in [2.45, 2.75) is 26.4 Å². The van der Waals surface area contributed by atoms with Gasteiger partial charge in [-0.25, -0.2) is 4.98 Å². The zero-order chi connectivity index (χ0) is 10.1. The van der Waals surface area contributed by atoms with Gasteiger partial charge in [-0.15, -0.1) is 0 Å². The summed E-state index contributed by atoms with van der Waals surface area (Å²) in [7, 11) is 0. The molecule has 13 heavy (non-hydrogen) atoms. The van der Waals surface area contributed by atoms with Crippen LogP contribution in [0.3, 0.4) is 0 Å². The smallest absolute Gasteiger partial charge is 0.255 e. The Kier molecular flexibility index (Phi) is 2.36. The molecule has 0 saturated carbocycles. The van der Waals surface area contributed by atoms with Crippen molar-refractivity contribution in [2.75, 3.05) is 5.73 Å². The molecule has 0 unspecified atom stereocenters. The minimum absolute atomic E-state index is 0.000602. The molecule has 0 aliphatic rings. The van der Waals surface area contributed by atoms with Crippen LogP contribution in [0.1, 0.15) is 20.8 Å². The topological polar surface area (TPSA) is 61.0 Å². The van der Waals surface area contributed by atoms with Crippen molar-refractivity contribution in [3.05, 3.63) is 12.0 Å². The van der Waals surface area contributed by atoms with Crippen molar-refractivity contribution in [2.24, 2.45) is 0 Å². The molecule has 0 spiro atoms. The number of ether oxygens (including phenoxy) is 1. The molecule has 5 heteroatoms. The van der Waals surface area contributed by atoms with E-state index in [1.165, 1.54) is 0 Å². The molecule has 0 aromatic carbocycles. The Bertz CT molecular complexity index is 309. The number of rotatable bonds is 1. The maximum Gasteiger partial charge on any atom is 0.255 e. The van der Waals surface area contributed by atoms with E-state index in [2.05, 4.69) is 9.97 Å². The minimum Gasteiger partial charge on any atom is -0.470 e. The Morgan fingerprint density at radius 1 is 1.46 bits per heavy atom. The highest BCUT2D eigenvalue weighted by Gasteiger charge is 2.16. The Hall–Kier alpha value is -1.39. The van der Waals surface area contributed by atoms with Gasteiger partial charge in [0.15, 0.2) is 0 Å². The van der Waals surface area contributed by atoms with E-state index < -0.39 is 11.4 Å². The van der Waals surface area contributed by atoms with Crippen LogP contribution in [-0.2, 0) is 0 Å². The lowest BCUT2D eigenvalue weighted by Crippen LogP contribution is -2.24. The predicted molar refractivity (Wildman–Crippen MR) is 46.8 cm³/mol. The van der Waals surface area contributed by atoms with Crippen LogP contribution >= 0.6 is 0 Å². The molecule has 1 rings (SSSR count). The first-order chi connectivity index (χ1) is 5.88. The molecule has 0 amide bonds. The molecule has 0 bridgehead atoms. The molecular formula is C8H12FN3O. The van der Waals surface area contributed by atoms with Gasteiger partial charge in [0, 0.05) is 0 Å². The van der Waals surface area contributed by atoms with E-state index in [4.69, 9.17) is 10.5 Å². The van der Waals surface area contributed by atoms with E-state index in [-0.39, 0.29) is 11.8 Å². The van der Waals surface area contributed by atoms with E-state index in [1.54, 1.807) is 20.8 Å². The maximum absolute atomic E-state index is 13.0. The maximum atomic E-state index is 13.0. The highest BCUT2D eigenvalue weighted by Crippen LogP contribution is 2.18. The summed E-state index contributed by atoms with van der Waals surface area (Å²) in [6.45, 7) is 5.39. The first-order valence-electron chi connectivity index (χ1n) is 3.85. The minimum atomic E-state index is -0.607. The van der Waals surface area contributed by atoms with Gasteiger partial charge in [0.25, 0.3) is 5.88 Å². The van der Waals surface area contributed by atoms with Crippen molar-refractivity contribution in [3.8, 4) is 5.88 Å². The standard InChI is InChI=1S/C8H12FN3O/c1-8(2,3)13-6-5(9)4-11-7(10)12-6/h4H,1-3H3,(H2,10,11,12). The lowest BCUT2D eigenvalue weighted by Gasteiger charge is -2.20. The zero-order valence-electron chi connectivity index (χ0n) is 7.84. The first kappa shape index (κ1) is 9.70. The summed E-state index contributed by atoms with van der Waals surface area (Å²) >= 11 is 0. The summed E-state index contributed by atoms with van der Waals surface area (Å²) in [5.74, 6) is -0.718. The molecule has 0 atom stereocenters. The number of hydrogen-bond acceptors (Lipinski definition) is 4. The van der Waals surface area contributed by atoms with Crippen molar-refractivity contribution in [1.29, 1.82) is 0 Å². The summed E-state index contributed by atoms with van der Waals surface area (Å²) in [5.41, 5.74) is 4.78. The number of halogens is 1. The highest BCUT2D eigenvalue weighted by atomic mass is 19.1. The molecule has 72 valence electrons. The van der Waals surface area contributed by atoms with Crippen LogP contribution in [0.15, 0.2) is 6.20 Å². The van der Waals surface area contributed by atoms with Gasteiger partial charge in [0.2, 0.25) is 11.8 Å². The van der Waals surface area contributed by atoms with Gasteiger partial charge in [0.05, 0.1) is 6.20 Å². The second kappa shape index (κ2) is 3.16. The van der Waals surface area contributed by atoms with Crippen molar-refractivity contribution in [1.82, 2.24) is 9.97 Å². The predicted octanol–water partition coefficient (Wildman–Crippen LogP) is 1.38. The summed E-state index contributed by atoms with van der Waals surface area (Å²) in [6.07, 6.45) is 0.989. The van der Waals surface area contributed by atoms with Gasteiger partial charge in [-0.05, 0) is 20.8 Å². The van der Waals surface area contributed by atoms with E-state index in [0.29, 0.717) is 0 Å². The second-order valence-electron chi connectivity index (χ2n) is 3.60. The lowest BCUT2D eigenvalue weighted by atomic mass is 10.2. The SMILES string of the molecule is CC(C)(C)Oc1nc(N)ncc1F. The molecular weight excluding hydrogens is 173 g/mol. The number of nitrogen functional groups attached to an aromatic ring is 1. The van der Waals surface area contributed by atoms with Crippen molar-refractivity contribution >= 4 is 5.95 Å². The number of nitrogens with two attached hydrogens (primary N) is 1. The molecule has 0 aliphatic heterocycles. The molecule has 2 N–H and O–H groups in total. The van der Waals surface area contributed by atoms with Crippen molar-refractivity contribution < 1.29 is 9.13 Å². The van der Waals surface area contributed by atoms with Gasteiger partial charge >= 0.3 is 0 Å². The first-order valence-corrected chi connectivity index (χ1v) is 3.85. The quantitative estimate of drug-likeness (QED) is 0.717. The third-order valence-corrected chi connectivity index (χ3v) is 1.13. The van der Waals surface area contributed by atoms with Crippen LogP contribution in [0.25, 0.3) is 0 Å². The fourth-order valence-electron chi connectivity index (χ4n) is 0.726. The van der Waals surface area contributed by atoms with Gasteiger partial charge in [0.1, 0.15) is 5.60 Å². The summed E-state index contributed by atoms with van der Waals surface area (Å²) in [4.78, 5) is 7.11. The summed E-state index contributed by atoms with van der Waals surface area (Å²) in [5, 5.41) is 0. The van der Waals surface area contributed by atoms with Gasteiger partial charge in [-0.2, -0.15) is 9.37 Å². The Morgan fingerprint density at radius 2 is 2.08 bits per heavy atom. The summed E-state index contributed by atoms with van der Waals surface area (Å²) < 4.78 is 18.2. The van der Waals surface area contributed by atoms with Crippen LogP contribution in [0.5, 0.6) is 5.88 Å². The normalized spacial score (nSPS) is 11.4. The molecule has 1 heterocycles. The molecule has 4 nitrogen and oxygen atoms in total. The average molecular weight is 185 g/mol. The molecule has 0 saturated heterocycles. The number of hydrogen-bond donors (Lipinski definition) is 1. The molecule has 0 fully saturated rings. The monoisotopic (exact) mass is 185 g/mol. The largest absolute Gasteiger partial charge is 0.470 e. The van der Waals surface area contributed by atoms with Gasteiger partial charge < -0.3 is 10.5 Å². The summed E-state index contributed by atoms with van der Waals surface area (Å²) in [6, 6.07) is 0. The molecule has 1 aromatic heterocycles. The lowest BCUT2D eigenvalue weighted by molar-refractivity contribution is 0.117. The molecule has 0 aliphatic carbocycles. The van der Waals surface area contributed by atoms with Crippen LogP contribution in [-0.4, -0.2) is 15.6 Å². The van der Waals surface area contributed by atoms with Crippen LogP contribution in [0, 0.1) is 5.82 Å². The van der Waals surface area contributed by atoms with Crippen molar-refractivity contribution in [3.63, 3.8) is 0 Å². The van der Waals surface area contributed by atoms with E-state index in [9.17, 15) is 4.39 Å². The van der Waals surface area contributed by atoms with Gasteiger partial charge in [-0.1, -0.05) is 0 Å². The number of nitrogens with zero attached hydrogens (tertiary/aromatic N) is 2. The number of anilines is 1. The second-order valence-corrected chi connectivity index (χ2v) is 3.60.